The van der Waals surface area contributed by atoms with Crippen molar-refractivity contribution in [2.75, 3.05) is 17.2 Å². The van der Waals surface area contributed by atoms with E-state index in [0.29, 0.717) is 17.3 Å². The van der Waals surface area contributed by atoms with Crippen molar-refractivity contribution in [3.63, 3.8) is 0 Å². The Morgan fingerprint density at radius 3 is 3.00 bits per heavy atom. The van der Waals surface area contributed by atoms with Gasteiger partial charge in [0.1, 0.15) is 5.15 Å². The van der Waals surface area contributed by atoms with Gasteiger partial charge in [0.25, 0.3) is 0 Å². The van der Waals surface area contributed by atoms with Crippen LogP contribution in [0.2, 0.25) is 5.15 Å². The van der Waals surface area contributed by atoms with Crippen LogP contribution in [0.3, 0.4) is 0 Å². The molecule has 0 saturated heterocycles. The number of carbonyl (C=O) groups is 1. The highest BCUT2D eigenvalue weighted by Gasteiger charge is 2.23. The van der Waals surface area contributed by atoms with E-state index in [0.717, 1.165) is 12.2 Å². The minimum atomic E-state index is -0.0161. The summed E-state index contributed by atoms with van der Waals surface area (Å²) in [6.45, 7) is 0.797. The molecule has 4 nitrogen and oxygen atoms in total. The van der Waals surface area contributed by atoms with Crippen LogP contribution < -0.4 is 10.6 Å². The fraction of sp³-hybridized carbons (Fsp3) is 0.200. The molecule has 1 aliphatic heterocycles. The molecule has 1 amide bonds. The Balaban J connectivity index is 1.64. The van der Waals surface area contributed by atoms with E-state index in [1.165, 1.54) is 5.56 Å². The largest absolute Gasteiger partial charge is 0.384 e. The van der Waals surface area contributed by atoms with Crippen molar-refractivity contribution in [1.82, 2.24) is 4.98 Å². The zero-order valence-electron chi connectivity index (χ0n) is 10.8. The fourth-order valence-electron chi connectivity index (χ4n) is 2.42. The average Bonchev–Trinajstić information content (AvgIpc) is 2.85. The second-order valence-electron chi connectivity index (χ2n) is 4.79. The molecule has 0 radical (unpaired) electrons. The van der Waals surface area contributed by atoms with Crippen molar-refractivity contribution in [3.8, 4) is 0 Å². The number of rotatable bonds is 3. The monoisotopic (exact) mass is 287 g/mol. The third-order valence-corrected chi connectivity index (χ3v) is 3.61. The van der Waals surface area contributed by atoms with Gasteiger partial charge in [-0.15, -0.1) is 0 Å². The molecule has 102 valence electrons. The molecule has 20 heavy (non-hydrogen) atoms. The number of fused-ring (bicyclic) bond motifs is 1. The Kier molecular flexibility index (Phi) is 3.56. The summed E-state index contributed by atoms with van der Waals surface area (Å²) < 4.78 is 0. The number of nitrogens with zero attached hydrogens (tertiary/aromatic N) is 1. The van der Waals surface area contributed by atoms with Crippen LogP contribution in [0.15, 0.2) is 42.6 Å². The SMILES string of the molecule is O=C(CC1CNc2ccccc21)Nc1ccc(Cl)nc1. The minimum Gasteiger partial charge on any atom is -0.384 e. The molecule has 0 spiro atoms. The lowest BCUT2D eigenvalue weighted by Gasteiger charge is -2.10. The Hall–Kier alpha value is -2.07. The number of benzene rings is 1. The predicted molar refractivity (Wildman–Crippen MR) is 80.2 cm³/mol. The molecular formula is C15H14ClN3O. The van der Waals surface area contributed by atoms with Crippen molar-refractivity contribution in [2.45, 2.75) is 12.3 Å². The van der Waals surface area contributed by atoms with Gasteiger partial charge in [0.05, 0.1) is 11.9 Å². The molecule has 0 saturated carbocycles. The van der Waals surface area contributed by atoms with Crippen LogP contribution in [0.25, 0.3) is 0 Å². The van der Waals surface area contributed by atoms with Crippen LogP contribution >= 0.6 is 11.6 Å². The van der Waals surface area contributed by atoms with Crippen molar-refractivity contribution in [1.29, 1.82) is 0 Å². The summed E-state index contributed by atoms with van der Waals surface area (Å²) in [5.74, 6) is 0.198. The molecule has 1 aromatic heterocycles. The summed E-state index contributed by atoms with van der Waals surface area (Å²) in [6, 6.07) is 11.5. The number of halogens is 1. The van der Waals surface area contributed by atoms with E-state index in [1.54, 1.807) is 18.3 Å². The lowest BCUT2D eigenvalue weighted by Crippen LogP contribution is -2.16. The molecule has 0 aliphatic carbocycles. The number of hydrogen-bond donors (Lipinski definition) is 2. The van der Waals surface area contributed by atoms with E-state index in [9.17, 15) is 4.79 Å². The van der Waals surface area contributed by atoms with Crippen LogP contribution in [0.1, 0.15) is 17.9 Å². The van der Waals surface area contributed by atoms with Gasteiger partial charge in [-0.05, 0) is 23.8 Å². The molecule has 1 aromatic carbocycles. The van der Waals surface area contributed by atoms with Crippen molar-refractivity contribution in [2.24, 2.45) is 0 Å². The van der Waals surface area contributed by atoms with Crippen LogP contribution in [0.4, 0.5) is 11.4 Å². The summed E-state index contributed by atoms with van der Waals surface area (Å²) in [7, 11) is 0. The molecule has 1 aliphatic rings. The summed E-state index contributed by atoms with van der Waals surface area (Å²) in [5, 5.41) is 6.57. The van der Waals surface area contributed by atoms with E-state index < -0.39 is 0 Å². The normalized spacial score (nSPS) is 16.4. The molecule has 1 unspecified atom stereocenters. The van der Waals surface area contributed by atoms with E-state index in [4.69, 9.17) is 11.6 Å². The Morgan fingerprint density at radius 1 is 1.35 bits per heavy atom. The lowest BCUT2D eigenvalue weighted by molar-refractivity contribution is -0.116. The molecular weight excluding hydrogens is 274 g/mol. The average molecular weight is 288 g/mol. The highest BCUT2D eigenvalue weighted by atomic mass is 35.5. The molecule has 2 aromatic rings. The lowest BCUT2D eigenvalue weighted by atomic mass is 9.97. The Labute approximate surface area is 122 Å². The number of anilines is 2. The summed E-state index contributed by atoms with van der Waals surface area (Å²) in [4.78, 5) is 16.0. The summed E-state index contributed by atoms with van der Waals surface area (Å²) in [6.07, 6.45) is 2.01. The third-order valence-electron chi connectivity index (χ3n) is 3.38. The fourth-order valence-corrected chi connectivity index (χ4v) is 2.54. The first-order valence-corrected chi connectivity index (χ1v) is 6.84. The molecule has 2 heterocycles. The summed E-state index contributed by atoms with van der Waals surface area (Å²) in [5.41, 5.74) is 2.99. The molecule has 2 N–H and O–H groups in total. The highest BCUT2D eigenvalue weighted by molar-refractivity contribution is 6.29. The standard InChI is InChI=1S/C15H14ClN3O/c16-14-6-5-11(9-18-14)19-15(20)7-10-8-17-13-4-2-1-3-12(10)13/h1-6,9-10,17H,7-8H2,(H,19,20). The molecule has 0 bridgehead atoms. The number of aromatic nitrogens is 1. The highest BCUT2D eigenvalue weighted by Crippen LogP contribution is 2.33. The quantitative estimate of drug-likeness (QED) is 0.852. The first-order valence-electron chi connectivity index (χ1n) is 6.46. The topological polar surface area (TPSA) is 54.0 Å². The van der Waals surface area contributed by atoms with Gasteiger partial charge in [-0.2, -0.15) is 0 Å². The van der Waals surface area contributed by atoms with Crippen LogP contribution in [0.5, 0.6) is 0 Å². The van der Waals surface area contributed by atoms with Gasteiger partial charge in [0.2, 0.25) is 5.91 Å². The Morgan fingerprint density at radius 2 is 2.20 bits per heavy atom. The van der Waals surface area contributed by atoms with Gasteiger partial charge in [0, 0.05) is 24.6 Å². The first kappa shape index (κ1) is 12.9. The zero-order chi connectivity index (χ0) is 13.9. The van der Waals surface area contributed by atoms with E-state index in [-0.39, 0.29) is 11.8 Å². The predicted octanol–water partition coefficient (Wildman–Crippen LogP) is 3.27. The molecule has 5 heteroatoms. The van der Waals surface area contributed by atoms with Crippen molar-refractivity contribution >= 4 is 28.9 Å². The zero-order valence-corrected chi connectivity index (χ0v) is 11.5. The Bertz CT molecular complexity index is 627. The first-order chi connectivity index (χ1) is 9.72. The number of pyridine rings is 1. The van der Waals surface area contributed by atoms with Crippen molar-refractivity contribution in [3.05, 3.63) is 53.3 Å². The van der Waals surface area contributed by atoms with Crippen LogP contribution in [-0.2, 0) is 4.79 Å². The van der Waals surface area contributed by atoms with E-state index in [1.807, 2.05) is 18.2 Å². The smallest absolute Gasteiger partial charge is 0.225 e. The minimum absolute atomic E-state index is 0.0161. The number of para-hydroxylation sites is 1. The third kappa shape index (κ3) is 2.75. The van der Waals surface area contributed by atoms with Gasteiger partial charge in [-0.25, -0.2) is 4.98 Å². The maximum absolute atomic E-state index is 12.1. The maximum Gasteiger partial charge on any atom is 0.225 e. The summed E-state index contributed by atoms with van der Waals surface area (Å²) >= 11 is 5.71. The maximum atomic E-state index is 12.1. The number of carbonyl (C=O) groups excluding carboxylic acids is 1. The van der Waals surface area contributed by atoms with Crippen LogP contribution in [0, 0.1) is 0 Å². The molecule has 0 fully saturated rings. The van der Waals surface area contributed by atoms with Crippen LogP contribution in [-0.4, -0.2) is 17.4 Å². The second kappa shape index (κ2) is 5.51. The molecule has 3 rings (SSSR count). The van der Waals surface area contributed by atoms with Gasteiger partial charge < -0.3 is 10.6 Å². The van der Waals surface area contributed by atoms with E-state index >= 15 is 0 Å². The number of hydrogen-bond acceptors (Lipinski definition) is 3. The van der Waals surface area contributed by atoms with Gasteiger partial charge >= 0.3 is 0 Å². The van der Waals surface area contributed by atoms with Gasteiger partial charge in [0.15, 0.2) is 0 Å². The molecule has 1 atom stereocenters. The number of nitrogens with one attached hydrogen (secondary N) is 2. The van der Waals surface area contributed by atoms with Gasteiger partial charge in [-0.1, -0.05) is 29.8 Å². The second-order valence-corrected chi connectivity index (χ2v) is 5.17. The number of amides is 1. The van der Waals surface area contributed by atoms with E-state index in [2.05, 4.69) is 21.7 Å². The van der Waals surface area contributed by atoms with Crippen molar-refractivity contribution < 1.29 is 4.79 Å². The van der Waals surface area contributed by atoms with Gasteiger partial charge in [-0.3, -0.25) is 4.79 Å².